The summed E-state index contributed by atoms with van der Waals surface area (Å²) in [4.78, 5) is 0. The van der Waals surface area contributed by atoms with Crippen LogP contribution in [0.2, 0.25) is 0 Å². The van der Waals surface area contributed by atoms with Gasteiger partial charge in [0.05, 0.1) is 0 Å². The highest BCUT2D eigenvalue weighted by atomic mass is 32.2. The molecule has 0 bridgehead atoms. The minimum absolute atomic E-state index is 0.536. The third kappa shape index (κ3) is 4.17. The maximum Gasteiger partial charge on any atom is 0.0166 e. The monoisotopic (exact) mass is 255 g/mol. The molecule has 1 atom stereocenters. The van der Waals surface area contributed by atoms with Crippen LogP contribution in [0.15, 0.2) is 0 Å². The molecule has 1 unspecified atom stereocenters. The van der Waals surface area contributed by atoms with Crippen LogP contribution < -0.4 is 5.32 Å². The first-order chi connectivity index (χ1) is 7.86. The lowest BCUT2D eigenvalue weighted by atomic mass is 9.75. The van der Waals surface area contributed by atoms with E-state index in [9.17, 15) is 0 Å². The molecule has 1 nitrogen and oxygen atoms in total. The third-order valence-electron chi connectivity index (χ3n) is 4.42. The van der Waals surface area contributed by atoms with Crippen LogP contribution >= 0.6 is 11.8 Å². The van der Waals surface area contributed by atoms with Crippen LogP contribution in [0.25, 0.3) is 0 Å². The van der Waals surface area contributed by atoms with E-state index in [0.29, 0.717) is 10.8 Å². The Bertz CT molecular complexity index is 250. The molecule has 1 saturated carbocycles. The van der Waals surface area contributed by atoms with E-state index in [4.69, 9.17) is 0 Å². The fourth-order valence-corrected chi connectivity index (χ4v) is 4.56. The van der Waals surface area contributed by atoms with Gasteiger partial charge in [-0.25, -0.2) is 0 Å². The van der Waals surface area contributed by atoms with Crippen LogP contribution in [0.1, 0.15) is 59.8 Å². The number of thioether (sulfide) groups is 1. The predicted octanol–water partition coefficient (Wildman–Crippen LogP) is 4.08. The van der Waals surface area contributed by atoms with Crippen LogP contribution in [-0.4, -0.2) is 23.6 Å². The van der Waals surface area contributed by atoms with Gasteiger partial charge >= 0.3 is 0 Å². The smallest absolute Gasteiger partial charge is 0.0166 e. The lowest BCUT2D eigenvalue weighted by Gasteiger charge is -2.40. The molecule has 1 heterocycles. The molecule has 100 valence electrons. The van der Waals surface area contributed by atoms with E-state index in [0.717, 1.165) is 12.1 Å². The van der Waals surface area contributed by atoms with Crippen molar-refractivity contribution in [1.82, 2.24) is 5.32 Å². The topological polar surface area (TPSA) is 12.0 Å². The van der Waals surface area contributed by atoms with E-state index >= 15 is 0 Å². The van der Waals surface area contributed by atoms with Gasteiger partial charge in [0.15, 0.2) is 0 Å². The summed E-state index contributed by atoms with van der Waals surface area (Å²) in [5.41, 5.74) is 1.13. The predicted molar refractivity (Wildman–Crippen MR) is 78.7 cm³/mol. The Balaban J connectivity index is 1.78. The lowest BCUT2D eigenvalue weighted by Crippen LogP contribution is -2.47. The van der Waals surface area contributed by atoms with Gasteiger partial charge in [-0.05, 0) is 48.7 Å². The molecule has 0 amide bonds. The Labute approximate surface area is 112 Å². The maximum atomic E-state index is 3.93. The van der Waals surface area contributed by atoms with E-state index in [1.54, 1.807) is 0 Å². The Morgan fingerprint density at radius 1 is 0.941 bits per heavy atom. The largest absolute Gasteiger partial charge is 0.310 e. The van der Waals surface area contributed by atoms with Crippen molar-refractivity contribution in [2.45, 2.75) is 71.9 Å². The summed E-state index contributed by atoms with van der Waals surface area (Å²) in [5.74, 6) is 2.66. The number of rotatable bonds is 2. The lowest BCUT2D eigenvalue weighted by molar-refractivity contribution is 0.190. The summed E-state index contributed by atoms with van der Waals surface area (Å²) < 4.78 is 0. The summed E-state index contributed by atoms with van der Waals surface area (Å²) >= 11 is 2.14. The molecule has 1 N–H and O–H groups in total. The van der Waals surface area contributed by atoms with E-state index in [2.05, 4.69) is 44.8 Å². The van der Waals surface area contributed by atoms with E-state index in [-0.39, 0.29) is 0 Å². The molecule has 2 rings (SSSR count). The highest BCUT2D eigenvalue weighted by molar-refractivity contribution is 7.99. The Morgan fingerprint density at radius 3 is 2.18 bits per heavy atom. The van der Waals surface area contributed by atoms with Gasteiger partial charge in [0.2, 0.25) is 0 Å². The zero-order valence-corrected chi connectivity index (χ0v) is 12.8. The molecule has 17 heavy (non-hydrogen) atoms. The first kappa shape index (κ1) is 13.7. The van der Waals surface area contributed by atoms with Crippen molar-refractivity contribution >= 4 is 11.8 Å². The molecular formula is C15H29NS. The first-order valence-corrected chi connectivity index (χ1v) is 8.36. The van der Waals surface area contributed by atoms with Crippen LogP contribution in [0.3, 0.4) is 0 Å². The highest BCUT2D eigenvalue weighted by Gasteiger charge is 2.32. The van der Waals surface area contributed by atoms with Crippen molar-refractivity contribution in [3.63, 3.8) is 0 Å². The van der Waals surface area contributed by atoms with Crippen LogP contribution in [0, 0.1) is 10.8 Å². The molecule has 2 heteroatoms. The molecule has 2 fully saturated rings. The summed E-state index contributed by atoms with van der Waals surface area (Å²) in [7, 11) is 0. The van der Waals surface area contributed by atoms with Gasteiger partial charge in [0, 0.05) is 17.8 Å². The fourth-order valence-electron chi connectivity index (χ4n) is 3.27. The zero-order valence-electron chi connectivity index (χ0n) is 12.0. The van der Waals surface area contributed by atoms with Gasteiger partial charge in [0.25, 0.3) is 0 Å². The van der Waals surface area contributed by atoms with Crippen LogP contribution in [0.5, 0.6) is 0 Å². The maximum absolute atomic E-state index is 3.93. The summed E-state index contributed by atoms with van der Waals surface area (Å²) in [6.07, 6.45) is 6.92. The number of hydrogen-bond acceptors (Lipinski definition) is 2. The standard InChI is InChI=1S/C15H29NS/c1-14(2)7-5-12(6-8-14)16-13-9-15(3,4)11-17-10-13/h12-13,16H,5-11H2,1-4H3. The second kappa shape index (κ2) is 5.13. The van der Waals surface area contributed by atoms with E-state index in [1.165, 1.54) is 43.6 Å². The van der Waals surface area contributed by atoms with Crippen molar-refractivity contribution in [3.05, 3.63) is 0 Å². The fraction of sp³-hybridized carbons (Fsp3) is 1.00. The molecular weight excluding hydrogens is 226 g/mol. The molecule has 1 saturated heterocycles. The van der Waals surface area contributed by atoms with Gasteiger partial charge in [-0.1, -0.05) is 27.7 Å². The summed E-state index contributed by atoms with van der Waals surface area (Å²) in [5, 5.41) is 3.93. The van der Waals surface area contributed by atoms with Crippen molar-refractivity contribution in [1.29, 1.82) is 0 Å². The molecule has 0 radical (unpaired) electrons. The molecule has 0 aromatic rings. The van der Waals surface area contributed by atoms with Gasteiger partial charge < -0.3 is 5.32 Å². The van der Waals surface area contributed by atoms with Gasteiger partial charge in [0.1, 0.15) is 0 Å². The minimum atomic E-state index is 0.536. The second-order valence-electron chi connectivity index (χ2n) is 7.69. The van der Waals surface area contributed by atoms with Crippen molar-refractivity contribution in [2.75, 3.05) is 11.5 Å². The quantitative estimate of drug-likeness (QED) is 0.798. The Morgan fingerprint density at radius 2 is 1.59 bits per heavy atom. The van der Waals surface area contributed by atoms with Gasteiger partial charge in [-0.3, -0.25) is 0 Å². The van der Waals surface area contributed by atoms with Crippen LogP contribution in [0.4, 0.5) is 0 Å². The highest BCUT2D eigenvalue weighted by Crippen LogP contribution is 2.37. The van der Waals surface area contributed by atoms with Gasteiger partial charge in [-0.15, -0.1) is 0 Å². The van der Waals surface area contributed by atoms with E-state index in [1.807, 2.05) is 0 Å². The molecule has 0 spiro atoms. The molecule has 0 aromatic heterocycles. The molecule has 0 aromatic carbocycles. The molecule has 1 aliphatic heterocycles. The number of nitrogens with one attached hydrogen (secondary N) is 1. The summed E-state index contributed by atoms with van der Waals surface area (Å²) in [6.45, 7) is 9.67. The van der Waals surface area contributed by atoms with Gasteiger partial charge in [-0.2, -0.15) is 11.8 Å². The Hall–Kier alpha value is 0.310. The third-order valence-corrected chi connectivity index (χ3v) is 6.05. The Kier molecular flexibility index (Phi) is 4.14. The van der Waals surface area contributed by atoms with Crippen molar-refractivity contribution < 1.29 is 0 Å². The van der Waals surface area contributed by atoms with Crippen LogP contribution in [-0.2, 0) is 0 Å². The average Bonchev–Trinajstić information content (AvgIpc) is 2.20. The van der Waals surface area contributed by atoms with Crippen molar-refractivity contribution in [3.8, 4) is 0 Å². The second-order valence-corrected chi connectivity index (χ2v) is 8.72. The SMILES string of the molecule is CC1(C)CCC(NC2CSCC(C)(C)C2)CC1. The average molecular weight is 255 g/mol. The first-order valence-electron chi connectivity index (χ1n) is 7.20. The summed E-state index contributed by atoms with van der Waals surface area (Å²) in [6, 6.07) is 1.55. The normalized spacial score (nSPS) is 33.5. The zero-order chi connectivity index (χ0) is 12.5. The van der Waals surface area contributed by atoms with E-state index < -0.39 is 0 Å². The molecule has 1 aliphatic carbocycles. The number of hydrogen-bond donors (Lipinski definition) is 1. The molecule has 2 aliphatic rings. The van der Waals surface area contributed by atoms with Crippen molar-refractivity contribution in [2.24, 2.45) is 10.8 Å². The minimum Gasteiger partial charge on any atom is -0.310 e.